The van der Waals surface area contributed by atoms with Crippen LogP contribution in [0, 0.1) is 19.7 Å². The summed E-state index contributed by atoms with van der Waals surface area (Å²) in [6.45, 7) is 3.36. The van der Waals surface area contributed by atoms with Gasteiger partial charge in [0, 0.05) is 5.69 Å². The molecule has 1 aromatic carbocycles. The van der Waals surface area contributed by atoms with E-state index in [0.717, 1.165) is 0 Å². The summed E-state index contributed by atoms with van der Waals surface area (Å²) in [5.74, 6) is -0.622. The number of rotatable bonds is 2. The monoisotopic (exact) mass is 259 g/mol. The lowest BCUT2D eigenvalue weighted by atomic mass is 10.1. The van der Waals surface area contributed by atoms with Crippen LogP contribution in [-0.4, -0.2) is 10.9 Å². The first-order chi connectivity index (χ1) is 8.97. The van der Waals surface area contributed by atoms with Gasteiger partial charge in [0.2, 0.25) is 0 Å². The SMILES string of the molecule is Cc1cc(NC(=O)c2cc(N)cnc2C)ccc1F. The van der Waals surface area contributed by atoms with Gasteiger partial charge in [-0.1, -0.05) is 0 Å². The summed E-state index contributed by atoms with van der Waals surface area (Å²) in [6, 6.07) is 5.96. The lowest BCUT2D eigenvalue weighted by Gasteiger charge is -2.08. The Morgan fingerprint density at radius 2 is 2.05 bits per heavy atom. The Kier molecular flexibility index (Phi) is 3.46. The van der Waals surface area contributed by atoms with Crippen molar-refractivity contribution in [2.75, 3.05) is 11.1 Å². The van der Waals surface area contributed by atoms with E-state index in [9.17, 15) is 9.18 Å². The molecule has 0 atom stereocenters. The molecule has 0 saturated heterocycles. The van der Waals surface area contributed by atoms with Crippen molar-refractivity contribution in [1.82, 2.24) is 4.98 Å². The number of carbonyl (C=O) groups excluding carboxylic acids is 1. The summed E-state index contributed by atoms with van der Waals surface area (Å²) < 4.78 is 13.1. The number of benzene rings is 1. The van der Waals surface area contributed by atoms with Gasteiger partial charge >= 0.3 is 0 Å². The first-order valence-electron chi connectivity index (χ1n) is 5.77. The second kappa shape index (κ2) is 5.06. The van der Waals surface area contributed by atoms with Crippen molar-refractivity contribution in [1.29, 1.82) is 0 Å². The Morgan fingerprint density at radius 3 is 2.74 bits per heavy atom. The first kappa shape index (κ1) is 13.0. The highest BCUT2D eigenvalue weighted by atomic mass is 19.1. The molecule has 2 aromatic rings. The number of hydrogen-bond donors (Lipinski definition) is 2. The zero-order valence-corrected chi connectivity index (χ0v) is 10.7. The number of carbonyl (C=O) groups is 1. The number of pyridine rings is 1. The fourth-order valence-corrected chi connectivity index (χ4v) is 1.70. The van der Waals surface area contributed by atoms with E-state index >= 15 is 0 Å². The van der Waals surface area contributed by atoms with Crippen LogP contribution < -0.4 is 11.1 Å². The molecular weight excluding hydrogens is 245 g/mol. The van der Waals surface area contributed by atoms with Crippen molar-refractivity contribution in [3.8, 4) is 0 Å². The lowest BCUT2D eigenvalue weighted by Crippen LogP contribution is -2.14. The van der Waals surface area contributed by atoms with Gasteiger partial charge in [-0.05, 0) is 43.7 Å². The summed E-state index contributed by atoms with van der Waals surface area (Å²) in [4.78, 5) is 16.1. The van der Waals surface area contributed by atoms with Crippen LogP contribution in [-0.2, 0) is 0 Å². The van der Waals surface area contributed by atoms with Crippen molar-refractivity contribution in [2.24, 2.45) is 0 Å². The molecule has 0 radical (unpaired) electrons. The van der Waals surface area contributed by atoms with Crippen LogP contribution in [0.25, 0.3) is 0 Å². The van der Waals surface area contributed by atoms with Gasteiger partial charge in [-0.15, -0.1) is 0 Å². The summed E-state index contributed by atoms with van der Waals surface area (Å²) >= 11 is 0. The molecule has 1 aromatic heterocycles. The zero-order chi connectivity index (χ0) is 14.0. The fraction of sp³-hybridized carbons (Fsp3) is 0.143. The molecule has 4 nitrogen and oxygen atoms in total. The summed E-state index contributed by atoms with van der Waals surface area (Å²) in [7, 11) is 0. The van der Waals surface area contributed by atoms with Crippen molar-refractivity contribution in [2.45, 2.75) is 13.8 Å². The second-order valence-corrected chi connectivity index (χ2v) is 4.32. The van der Waals surface area contributed by atoms with E-state index in [-0.39, 0.29) is 11.7 Å². The van der Waals surface area contributed by atoms with Gasteiger partial charge < -0.3 is 11.1 Å². The third-order valence-electron chi connectivity index (χ3n) is 2.77. The van der Waals surface area contributed by atoms with E-state index in [1.807, 2.05) is 0 Å². The molecule has 0 bridgehead atoms. The predicted molar refractivity (Wildman–Crippen MR) is 72.5 cm³/mol. The summed E-state index contributed by atoms with van der Waals surface area (Å²) in [5.41, 5.74) is 8.03. The molecule has 0 saturated carbocycles. The minimum Gasteiger partial charge on any atom is -0.397 e. The molecule has 98 valence electrons. The smallest absolute Gasteiger partial charge is 0.257 e. The Bertz CT molecular complexity index is 641. The Balaban J connectivity index is 2.25. The highest BCUT2D eigenvalue weighted by Gasteiger charge is 2.11. The van der Waals surface area contributed by atoms with E-state index in [2.05, 4.69) is 10.3 Å². The van der Waals surface area contributed by atoms with Crippen LogP contribution in [0.15, 0.2) is 30.5 Å². The third kappa shape index (κ3) is 2.88. The quantitative estimate of drug-likeness (QED) is 0.871. The summed E-state index contributed by atoms with van der Waals surface area (Å²) in [5, 5.41) is 2.69. The molecule has 1 amide bonds. The number of aryl methyl sites for hydroxylation is 2. The molecule has 1 heterocycles. The molecule has 3 N–H and O–H groups in total. The van der Waals surface area contributed by atoms with E-state index in [4.69, 9.17) is 5.73 Å². The Hall–Kier alpha value is -2.43. The predicted octanol–water partition coefficient (Wildman–Crippen LogP) is 2.67. The lowest BCUT2D eigenvalue weighted by molar-refractivity contribution is 0.102. The van der Waals surface area contributed by atoms with E-state index in [1.165, 1.54) is 18.3 Å². The van der Waals surface area contributed by atoms with E-state index in [0.29, 0.717) is 28.2 Å². The van der Waals surface area contributed by atoms with Crippen molar-refractivity contribution >= 4 is 17.3 Å². The third-order valence-corrected chi connectivity index (χ3v) is 2.77. The van der Waals surface area contributed by atoms with Crippen molar-refractivity contribution in [3.63, 3.8) is 0 Å². The minimum absolute atomic E-state index is 0.306. The first-order valence-corrected chi connectivity index (χ1v) is 5.77. The van der Waals surface area contributed by atoms with Gasteiger partial charge in [-0.25, -0.2) is 4.39 Å². The van der Waals surface area contributed by atoms with E-state index < -0.39 is 0 Å². The molecule has 5 heteroatoms. The van der Waals surface area contributed by atoms with Gasteiger partial charge in [-0.2, -0.15) is 0 Å². The van der Waals surface area contributed by atoms with Crippen LogP contribution in [0.4, 0.5) is 15.8 Å². The maximum absolute atomic E-state index is 13.1. The second-order valence-electron chi connectivity index (χ2n) is 4.32. The highest BCUT2D eigenvalue weighted by Crippen LogP contribution is 2.16. The van der Waals surface area contributed by atoms with Gasteiger partial charge in [0.1, 0.15) is 5.82 Å². The number of nitrogen functional groups attached to an aromatic ring is 1. The van der Waals surface area contributed by atoms with Crippen LogP contribution in [0.5, 0.6) is 0 Å². The number of aromatic nitrogens is 1. The maximum atomic E-state index is 13.1. The van der Waals surface area contributed by atoms with Crippen molar-refractivity contribution < 1.29 is 9.18 Å². The zero-order valence-electron chi connectivity index (χ0n) is 10.7. The summed E-state index contributed by atoms with van der Waals surface area (Å²) in [6.07, 6.45) is 1.49. The number of nitrogens with two attached hydrogens (primary N) is 1. The van der Waals surface area contributed by atoms with Crippen LogP contribution in [0.3, 0.4) is 0 Å². The van der Waals surface area contributed by atoms with Crippen LogP contribution >= 0.6 is 0 Å². The maximum Gasteiger partial charge on any atom is 0.257 e. The van der Waals surface area contributed by atoms with Crippen LogP contribution in [0.2, 0.25) is 0 Å². The Labute approximate surface area is 110 Å². The largest absolute Gasteiger partial charge is 0.397 e. The molecule has 0 unspecified atom stereocenters. The topological polar surface area (TPSA) is 68.0 Å². The molecule has 0 aliphatic heterocycles. The number of hydrogen-bond acceptors (Lipinski definition) is 3. The Morgan fingerprint density at radius 1 is 1.32 bits per heavy atom. The molecule has 0 spiro atoms. The average Bonchev–Trinajstić information content (AvgIpc) is 2.36. The molecule has 0 aliphatic carbocycles. The minimum atomic E-state index is -0.316. The van der Waals surface area contributed by atoms with Gasteiger partial charge in [0.25, 0.3) is 5.91 Å². The molecule has 0 fully saturated rings. The van der Waals surface area contributed by atoms with Gasteiger partial charge in [-0.3, -0.25) is 9.78 Å². The van der Waals surface area contributed by atoms with Crippen molar-refractivity contribution in [3.05, 3.63) is 53.1 Å². The highest BCUT2D eigenvalue weighted by molar-refractivity contribution is 6.05. The number of halogens is 1. The number of nitrogens with zero attached hydrogens (tertiary/aromatic N) is 1. The standard InChI is InChI=1S/C14H14FN3O/c1-8-5-11(3-4-13(8)15)18-14(19)12-6-10(16)7-17-9(12)2/h3-7H,16H2,1-2H3,(H,18,19). The fourth-order valence-electron chi connectivity index (χ4n) is 1.70. The van der Waals surface area contributed by atoms with Gasteiger partial charge in [0.15, 0.2) is 0 Å². The van der Waals surface area contributed by atoms with E-state index in [1.54, 1.807) is 26.0 Å². The number of amides is 1. The molecule has 2 rings (SSSR count). The number of nitrogens with one attached hydrogen (secondary N) is 1. The van der Waals surface area contributed by atoms with Gasteiger partial charge in [0.05, 0.1) is 23.1 Å². The molecule has 19 heavy (non-hydrogen) atoms. The normalized spacial score (nSPS) is 10.3. The average molecular weight is 259 g/mol. The number of anilines is 2. The molecule has 0 aliphatic rings. The molecular formula is C14H14FN3O. The van der Waals surface area contributed by atoms with Crippen LogP contribution in [0.1, 0.15) is 21.6 Å².